The van der Waals surface area contributed by atoms with Crippen LogP contribution in [0.25, 0.3) is 6.08 Å². The molecule has 0 aromatic heterocycles. The zero-order chi connectivity index (χ0) is 15.4. The van der Waals surface area contributed by atoms with Crippen LogP contribution in [0.3, 0.4) is 0 Å². The van der Waals surface area contributed by atoms with Gasteiger partial charge in [0.15, 0.2) is 0 Å². The normalized spacial score (nSPS) is 10.8. The van der Waals surface area contributed by atoms with Gasteiger partial charge in [0.1, 0.15) is 17.3 Å². The van der Waals surface area contributed by atoms with Gasteiger partial charge in [0.2, 0.25) is 0 Å². The van der Waals surface area contributed by atoms with Crippen molar-refractivity contribution in [2.45, 2.75) is 0 Å². The molecule has 2 aromatic carbocycles. The first-order valence-electron chi connectivity index (χ1n) is 5.79. The van der Waals surface area contributed by atoms with Crippen molar-refractivity contribution in [2.75, 3.05) is 0 Å². The minimum atomic E-state index is -1.03. The summed E-state index contributed by atoms with van der Waals surface area (Å²) in [7, 11) is 0. The average molecular weight is 372 g/mol. The fourth-order valence-corrected chi connectivity index (χ4v) is 2.25. The first kappa shape index (κ1) is 15.5. The third-order valence-electron chi connectivity index (χ3n) is 2.50. The molecule has 0 radical (unpaired) electrons. The van der Waals surface area contributed by atoms with Gasteiger partial charge in [-0.2, -0.15) is 0 Å². The number of carbonyl (C=O) groups is 1. The SMILES string of the molecule is O=C(O)/C=C/c1ccc(Oc2ccc(F)cc2Cl)cc1Br. The number of rotatable bonds is 4. The summed E-state index contributed by atoms with van der Waals surface area (Å²) in [6.45, 7) is 0. The van der Waals surface area contributed by atoms with Gasteiger partial charge >= 0.3 is 5.97 Å². The van der Waals surface area contributed by atoms with E-state index in [4.69, 9.17) is 21.4 Å². The summed E-state index contributed by atoms with van der Waals surface area (Å²) in [6, 6.07) is 8.86. The molecule has 21 heavy (non-hydrogen) atoms. The van der Waals surface area contributed by atoms with Crippen LogP contribution in [0.4, 0.5) is 4.39 Å². The van der Waals surface area contributed by atoms with E-state index in [0.717, 1.165) is 12.1 Å². The molecular formula is C15H9BrClFO3. The second-order valence-electron chi connectivity index (χ2n) is 4.03. The lowest BCUT2D eigenvalue weighted by Gasteiger charge is -2.09. The van der Waals surface area contributed by atoms with Crippen molar-refractivity contribution in [1.29, 1.82) is 0 Å². The highest BCUT2D eigenvalue weighted by molar-refractivity contribution is 9.10. The first-order chi connectivity index (χ1) is 9.95. The molecular weight excluding hydrogens is 363 g/mol. The highest BCUT2D eigenvalue weighted by Gasteiger charge is 2.06. The molecule has 0 saturated carbocycles. The zero-order valence-electron chi connectivity index (χ0n) is 10.5. The maximum Gasteiger partial charge on any atom is 0.328 e. The Balaban J connectivity index is 2.22. The van der Waals surface area contributed by atoms with E-state index >= 15 is 0 Å². The highest BCUT2D eigenvalue weighted by Crippen LogP contribution is 2.32. The summed E-state index contributed by atoms with van der Waals surface area (Å²) in [4.78, 5) is 10.5. The molecule has 0 aliphatic carbocycles. The van der Waals surface area contributed by atoms with Gasteiger partial charge in [-0.1, -0.05) is 33.6 Å². The minimum Gasteiger partial charge on any atom is -0.478 e. The summed E-state index contributed by atoms with van der Waals surface area (Å²) in [5.41, 5.74) is 0.690. The van der Waals surface area contributed by atoms with E-state index in [1.165, 1.54) is 18.2 Å². The van der Waals surface area contributed by atoms with Crippen molar-refractivity contribution in [3.63, 3.8) is 0 Å². The van der Waals surface area contributed by atoms with Crippen molar-refractivity contribution < 1.29 is 19.0 Å². The van der Waals surface area contributed by atoms with Crippen LogP contribution in [-0.4, -0.2) is 11.1 Å². The van der Waals surface area contributed by atoms with Crippen LogP contribution in [0, 0.1) is 5.82 Å². The van der Waals surface area contributed by atoms with Crippen LogP contribution in [0.5, 0.6) is 11.5 Å². The number of halogens is 3. The van der Waals surface area contributed by atoms with Crippen molar-refractivity contribution in [3.8, 4) is 11.5 Å². The van der Waals surface area contributed by atoms with Crippen molar-refractivity contribution in [2.24, 2.45) is 0 Å². The predicted octanol–water partition coefficient (Wildman–Crippen LogP) is 5.13. The number of hydrogen-bond acceptors (Lipinski definition) is 2. The van der Waals surface area contributed by atoms with E-state index in [-0.39, 0.29) is 5.02 Å². The molecule has 0 atom stereocenters. The van der Waals surface area contributed by atoms with Gasteiger partial charge in [-0.05, 0) is 42.0 Å². The fraction of sp³-hybridized carbons (Fsp3) is 0. The minimum absolute atomic E-state index is 0.168. The molecule has 0 spiro atoms. The lowest BCUT2D eigenvalue weighted by Crippen LogP contribution is -1.88. The van der Waals surface area contributed by atoms with Crippen LogP contribution in [0.15, 0.2) is 46.9 Å². The lowest BCUT2D eigenvalue weighted by atomic mass is 10.2. The molecule has 0 unspecified atom stereocenters. The molecule has 0 saturated heterocycles. The lowest BCUT2D eigenvalue weighted by molar-refractivity contribution is -0.131. The topological polar surface area (TPSA) is 46.5 Å². The van der Waals surface area contributed by atoms with Crippen LogP contribution < -0.4 is 4.74 Å². The molecule has 6 heteroatoms. The van der Waals surface area contributed by atoms with Crippen molar-refractivity contribution in [1.82, 2.24) is 0 Å². The third kappa shape index (κ3) is 4.31. The molecule has 3 nitrogen and oxygen atoms in total. The molecule has 0 bridgehead atoms. The molecule has 108 valence electrons. The van der Waals surface area contributed by atoms with E-state index in [1.807, 2.05) is 0 Å². The van der Waals surface area contributed by atoms with E-state index in [1.54, 1.807) is 18.2 Å². The summed E-state index contributed by atoms with van der Waals surface area (Å²) < 4.78 is 19.2. The Bertz CT molecular complexity index is 716. The molecule has 1 N–H and O–H groups in total. The second kappa shape index (κ2) is 6.74. The molecule has 2 aromatic rings. The number of hydrogen-bond donors (Lipinski definition) is 1. The predicted molar refractivity (Wildman–Crippen MR) is 82.3 cm³/mol. The van der Waals surface area contributed by atoms with Crippen LogP contribution in [-0.2, 0) is 4.79 Å². The first-order valence-corrected chi connectivity index (χ1v) is 6.96. The zero-order valence-corrected chi connectivity index (χ0v) is 12.9. The van der Waals surface area contributed by atoms with E-state index in [0.29, 0.717) is 21.5 Å². The van der Waals surface area contributed by atoms with Crippen molar-refractivity contribution in [3.05, 3.63) is 63.4 Å². The van der Waals surface area contributed by atoms with E-state index in [2.05, 4.69) is 15.9 Å². The van der Waals surface area contributed by atoms with Gasteiger partial charge in [-0.3, -0.25) is 0 Å². The van der Waals surface area contributed by atoms with Gasteiger partial charge in [-0.25, -0.2) is 9.18 Å². The summed E-state index contributed by atoms with van der Waals surface area (Å²) in [6.07, 6.45) is 2.50. The third-order valence-corrected chi connectivity index (χ3v) is 3.48. The summed E-state index contributed by atoms with van der Waals surface area (Å²) in [5.74, 6) is -0.648. The number of ether oxygens (including phenoxy) is 1. The van der Waals surface area contributed by atoms with E-state index < -0.39 is 11.8 Å². The molecule has 2 rings (SSSR count). The maximum atomic E-state index is 13.0. The highest BCUT2D eigenvalue weighted by atomic mass is 79.9. The Morgan fingerprint density at radius 2 is 2.05 bits per heavy atom. The Kier molecular flexibility index (Phi) is 4.98. The molecule has 0 amide bonds. The van der Waals surface area contributed by atoms with Crippen LogP contribution in [0.2, 0.25) is 5.02 Å². The molecule has 0 heterocycles. The Morgan fingerprint density at radius 3 is 2.67 bits per heavy atom. The molecule has 0 aliphatic heterocycles. The maximum absolute atomic E-state index is 13.0. The monoisotopic (exact) mass is 370 g/mol. The van der Waals surface area contributed by atoms with Crippen LogP contribution >= 0.6 is 27.5 Å². The summed E-state index contributed by atoms with van der Waals surface area (Å²) in [5, 5.41) is 8.76. The Labute approximate surface area is 133 Å². The van der Waals surface area contributed by atoms with E-state index in [9.17, 15) is 9.18 Å². The quantitative estimate of drug-likeness (QED) is 0.758. The standard InChI is InChI=1S/C15H9BrClFO3/c16-12-8-11(4-1-9(12)2-6-15(19)20)21-14-5-3-10(18)7-13(14)17/h1-8H,(H,19,20)/b6-2+. The smallest absolute Gasteiger partial charge is 0.328 e. The van der Waals surface area contributed by atoms with Gasteiger partial charge in [0.05, 0.1) is 5.02 Å². The van der Waals surface area contributed by atoms with Gasteiger partial charge in [0.25, 0.3) is 0 Å². The fourth-order valence-electron chi connectivity index (χ4n) is 1.55. The Hall–Kier alpha value is -1.85. The number of carboxylic acids is 1. The van der Waals surface area contributed by atoms with Crippen molar-refractivity contribution >= 4 is 39.6 Å². The van der Waals surface area contributed by atoms with Gasteiger partial charge in [0, 0.05) is 10.5 Å². The Morgan fingerprint density at radius 1 is 1.29 bits per heavy atom. The van der Waals surface area contributed by atoms with Crippen LogP contribution in [0.1, 0.15) is 5.56 Å². The second-order valence-corrected chi connectivity index (χ2v) is 5.29. The van der Waals surface area contributed by atoms with Gasteiger partial charge in [-0.15, -0.1) is 0 Å². The molecule has 0 fully saturated rings. The number of benzene rings is 2. The summed E-state index contributed by atoms with van der Waals surface area (Å²) >= 11 is 9.21. The largest absolute Gasteiger partial charge is 0.478 e. The molecule has 0 aliphatic rings. The average Bonchev–Trinajstić information content (AvgIpc) is 2.41. The number of aliphatic carboxylic acids is 1. The number of carboxylic acid groups (broad SMARTS) is 1. The van der Waals surface area contributed by atoms with Gasteiger partial charge < -0.3 is 9.84 Å².